The summed E-state index contributed by atoms with van der Waals surface area (Å²) in [5.74, 6) is -2.98. The Hall–Kier alpha value is -4.95. The molecular formula is C95H144O13. The van der Waals surface area contributed by atoms with Gasteiger partial charge in [0.15, 0.2) is 0 Å². The topological polar surface area (TPSA) is 236 Å². The molecule has 13 nitrogen and oxygen atoms in total. The summed E-state index contributed by atoms with van der Waals surface area (Å²) < 4.78 is 5.80. The van der Waals surface area contributed by atoms with Crippen LogP contribution < -0.4 is 0 Å². The molecule has 0 amide bonds. The van der Waals surface area contributed by atoms with E-state index in [2.05, 4.69) is 202 Å². The molecule has 0 saturated heterocycles. The zero-order chi connectivity index (χ0) is 80.7. The van der Waals surface area contributed by atoms with Crippen molar-refractivity contribution in [1.82, 2.24) is 0 Å². The van der Waals surface area contributed by atoms with Crippen LogP contribution in [0.15, 0.2) is 106 Å². The lowest BCUT2D eigenvalue weighted by Gasteiger charge is -2.61. The molecule has 13 heteroatoms. The molecule has 23 atom stereocenters. The van der Waals surface area contributed by atoms with Crippen LogP contribution >= 0.6 is 0 Å². The largest absolute Gasteiger partial charge is 0.481 e. The van der Waals surface area contributed by atoms with E-state index >= 15 is 0 Å². The number of ketones is 1. The molecular weight excluding hydrogens is 1350 g/mol. The normalized spacial score (nSPS) is 41.3. The lowest BCUT2D eigenvalue weighted by atomic mass is 9.44. The van der Waals surface area contributed by atoms with E-state index < -0.39 is 54.0 Å². The number of aliphatic hydroxyl groups excluding tert-OH is 4. The van der Waals surface area contributed by atoms with Gasteiger partial charge in [0.25, 0.3) is 0 Å². The van der Waals surface area contributed by atoms with Crippen molar-refractivity contribution in [2.24, 2.45) is 136 Å². The Morgan fingerprint density at radius 2 is 0.750 bits per heavy atom. The highest BCUT2D eigenvalue weighted by Gasteiger charge is 2.71. The molecule has 0 aromatic carbocycles. The summed E-state index contributed by atoms with van der Waals surface area (Å²) in [6, 6.07) is 0. The van der Waals surface area contributed by atoms with Gasteiger partial charge in [-0.25, -0.2) is 0 Å². The number of carbonyl (C=O) groups excluding carboxylic acids is 2. The predicted octanol–water partition coefficient (Wildman–Crippen LogP) is 20.4. The summed E-state index contributed by atoms with van der Waals surface area (Å²) in [7, 11) is 0. The molecule has 12 aliphatic carbocycles. The Labute approximate surface area is 650 Å². The molecule has 108 heavy (non-hydrogen) atoms. The molecule has 2 unspecified atom stereocenters. The first-order chi connectivity index (χ1) is 49.7. The average Bonchev–Trinajstić information content (AvgIpc) is 1.14. The zero-order valence-electron chi connectivity index (χ0n) is 70.8. The highest BCUT2D eigenvalue weighted by Crippen LogP contribution is 2.76. The van der Waals surface area contributed by atoms with Crippen LogP contribution in [0.4, 0.5) is 0 Å². The molecule has 12 aliphatic rings. The smallest absolute Gasteiger partial charge is 0.306 e. The van der Waals surface area contributed by atoms with E-state index in [1.54, 1.807) is 0 Å². The maximum atomic E-state index is 12.8. The van der Waals surface area contributed by atoms with Gasteiger partial charge in [0, 0.05) is 58.2 Å². The minimum Gasteiger partial charge on any atom is -0.481 e. The van der Waals surface area contributed by atoms with Crippen molar-refractivity contribution in [3.63, 3.8) is 0 Å². The molecule has 0 heterocycles. The minimum absolute atomic E-state index is 0.00139. The number of ether oxygens (including phenoxy) is 1. The number of fused-ring (bicyclic) bond motifs is 15. The molecule has 6 saturated carbocycles. The van der Waals surface area contributed by atoms with Gasteiger partial charge in [0.05, 0.1) is 42.2 Å². The van der Waals surface area contributed by atoms with Crippen LogP contribution in [0.3, 0.4) is 0 Å². The number of carboxylic acids is 3. The van der Waals surface area contributed by atoms with E-state index in [9.17, 15) is 59.7 Å². The number of allylic oxidation sites excluding steroid dienone is 15. The Morgan fingerprint density at radius 3 is 1.06 bits per heavy atom. The minimum atomic E-state index is -0.805. The molecule has 0 aliphatic heterocycles. The number of hydrogen-bond donors (Lipinski definition) is 7. The summed E-state index contributed by atoms with van der Waals surface area (Å²) in [5.41, 5.74) is 8.74. The average molecular weight is 1490 g/mol. The van der Waals surface area contributed by atoms with Gasteiger partial charge < -0.3 is 40.5 Å². The van der Waals surface area contributed by atoms with Gasteiger partial charge in [-0.15, -0.1) is 0 Å². The van der Waals surface area contributed by atoms with E-state index in [1.165, 1.54) is 40.4 Å². The second kappa shape index (κ2) is 29.5. The van der Waals surface area contributed by atoms with Gasteiger partial charge in [-0.05, 0) is 235 Å². The van der Waals surface area contributed by atoms with Gasteiger partial charge in [0.2, 0.25) is 0 Å². The fourth-order valence-corrected chi connectivity index (χ4v) is 26.9. The number of esters is 1. The fourth-order valence-electron chi connectivity index (χ4n) is 26.9. The first-order valence-electron chi connectivity index (χ1n) is 42.1. The maximum absolute atomic E-state index is 12.8. The lowest BCUT2D eigenvalue weighted by Crippen LogP contribution is -2.55. The van der Waals surface area contributed by atoms with Crippen molar-refractivity contribution in [3.05, 3.63) is 106 Å². The van der Waals surface area contributed by atoms with Crippen molar-refractivity contribution < 1.29 is 64.5 Å². The number of carboxylic acid groups (broad SMARTS) is 3. The predicted molar refractivity (Wildman–Crippen MR) is 431 cm³/mol. The number of aliphatic hydroxyl groups is 4. The summed E-state index contributed by atoms with van der Waals surface area (Å²) >= 11 is 0. The zero-order valence-corrected chi connectivity index (χ0v) is 70.8. The van der Waals surface area contributed by atoms with Crippen LogP contribution in [0.5, 0.6) is 0 Å². The lowest BCUT2D eigenvalue weighted by molar-refractivity contribution is -0.165. The third-order valence-corrected chi connectivity index (χ3v) is 34.9. The van der Waals surface area contributed by atoms with Crippen LogP contribution in [-0.4, -0.2) is 95.9 Å². The highest BCUT2D eigenvalue weighted by atomic mass is 16.5. The van der Waals surface area contributed by atoms with Gasteiger partial charge in [-0.2, -0.15) is 0 Å². The molecule has 0 bridgehead atoms. The molecule has 0 spiro atoms. The third-order valence-electron chi connectivity index (χ3n) is 34.9. The summed E-state index contributed by atoms with van der Waals surface area (Å²) in [6.07, 6.45) is 27.4. The van der Waals surface area contributed by atoms with Crippen LogP contribution in [0.2, 0.25) is 0 Å². The Kier molecular flexibility index (Phi) is 23.3. The number of carbonyl (C=O) groups is 5. The molecule has 0 aromatic heterocycles. The van der Waals surface area contributed by atoms with Crippen LogP contribution in [-0.2, 0) is 28.7 Å². The summed E-state index contributed by atoms with van der Waals surface area (Å²) in [6.45, 7) is 60.4. The van der Waals surface area contributed by atoms with E-state index in [4.69, 9.17) is 4.74 Å². The van der Waals surface area contributed by atoms with Crippen molar-refractivity contribution >= 4 is 29.7 Å². The van der Waals surface area contributed by atoms with Gasteiger partial charge >= 0.3 is 23.9 Å². The van der Waals surface area contributed by atoms with Crippen LogP contribution in [0.1, 0.15) is 287 Å². The number of rotatable bonds is 19. The summed E-state index contributed by atoms with van der Waals surface area (Å²) in [5, 5.41) is 76.3. The quantitative estimate of drug-likeness (QED) is 0.0471. The molecule has 602 valence electrons. The van der Waals surface area contributed by atoms with Crippen LogP contribution in [0, 0.1) is 136 Å². The van der Waals surface area contributed by atoms with E-state index in [0.717, 1.165) is 87.3 Å². The standard InChI is InChI=1S/C33H50O5.C31H48O4.C31H46O4/c1-19(2)20(3)10-11-22(29(36)37)28-25(35)18-33(9)24-12-13-26-30(5,6)27(38-21(4)34)15-16-31(26,7)23(24)14-17-32(28,33)8;2*1-18(2)19(3)9-10-20(27(34)35)26-23(32)17-31(8)22-11-12-24-28(4,5)25(33)14-15-29(24,6)21(22)13-16-30(26,31)7/h12,14,19,22,25-28,35H,3,10-11,13,15-18H2,1-2,4-9H3,(H,36,37);11,13,18,20,23-26,32-33H,3,9-10,12,14-17H2,1-2,4-8H3,(H,34,35);11,13,18,20,23-24,26,32H,3,9-10,12,14-17H2,1-2,4-8H3,(H,34,35)/t22-,25-,26+,27?,28+,31-,32-,33+;20-,23-,24+,25?,26+,29-,30-,31+;20-,23-,24+,26+,29-,30-,31+/m111/s1. The second-order valence-electron chi connectivity index (χ2n) is 41.9. The Bertz CT molecular complexity index is 3790. The number of hydrogen-bond acceptors (Lipinski definition) is 10. The molecule has 12 rings (SSSR count). The van der Waals surface area contributed by atoms with Gasteiger partial charge in [0.1, 0.15) is 11.9 Å². The van der Waals surface area contributed by atoms with E-state index in [0.29, 0.717) is 99.6 Å². The fraction of sp³-hybridized carbons (Fsp3) is 0.758. The van der Waals surface area contributed by atoms with E-state index in [-0.39, 0.29) is 107 Å². The van der Waals surface area contributed by atoms with Crippen molar-refractivity contribution in [2.75, 3.05) is 0 Å². The van der Waals surface area contributed by atoms with Gasteiger partial charge in [-0.3, -0.25) is 24.0 Å². The van der Waals surface area contributed by atoms with E-state index in [1.807, 2.05) is 0 Å². The Morgan fingerprint density at radius 1 is 0.444 bits per heavy atom. The highest BCUT2D eigenvalue weighted by molar-refractivity contribution is 5.86. The van der Waals surface area contributed by atoms with Crippen molar-refractivity contribution in [1.29, 1.82) is 0 Å². The third kappa shape index (κ3) is 13.4. The van der Waals surface area contributed by atoms with Crippen molar-refractivity contribution in [2.45, 2.75) is 318 Å². The Balaban J connectivity index is 0.000000173. The van der Waals surface area contributed by atoms with Crippen LogP contribution in [0.25, 0.3) is 0 Å². The first-order valence-corrected chi connectivity index (χ1v) is 42.1. The molecule has 0 aromatic rings. The second-order valence-corrected chi connectivity index (χ2v) is 41.9. The molecule has 7 N–H and O–H groups in total. The monoisotopic (exact) mass is 1490 g/mol. The first kappa shape index (κ1) is 85.5. The molecule has 0 radical (unpaired) electrons. The number of Topliss-reactive ketones (excluding diaryl/α,β-unsaturated/α-hetero) is 1. The van der Waals surface area contributed by atoms with Gasteiger partial charge in [-0.1, -0.05) is 218 Å². The molecule has 6 fully saturated rings. The summed E-state index contributed by atoms with van der Waals surface area (Å²) in [4.78, 5) is 62.4. The SMILES string of the molecule is C=C(CC[C@@H](C(=O)O)[C@H]1[C@H](O)C[C@@]2(C)C3=CC[C@H]4C(C)(C)C(=O)CC[C@]4(C)C3=CC[C@]12C)C(C)C.C=C(CC[C@@H](C(=O)O)[C@H]1[C@H](O)C[C@@]2(C)C3=CC[C@H]4C(C)(C)C(O)CC[C@]4(C)C3=CC[C@]12C)C(C)C.C=C(CC[C@@H](C(=O)O)[C@H]1[C@H](O)C[C@@]2(C)C3=CC[C@H]4C(C)(C)C(OC(C)=O)CC[C@]4(C)C3=CC[C@]12C)C(C)C. The number of aliphatic carboxylic acids is 3. The maximum Gasteiger partial charge on any atom is 0.306 e. The van der Waals surface area contributed by atoms with Crippen molar-refractivity contribution in [3.8, 4) is 0 Å².